The molecule has 0 aliphatic carbocycles. The molecule has 2 heterocycles. The van der Waals surface area contributed by atoms with E-state index in [1.165, 1.54) is 0 Å². The summed E-state index contributed by atoms with van der Waals surface area (Å²) in [7, 11) is 0. The second-order valence-electron chi connectivity index (χ2n) is 13.5. The average molecular weight is 800 g/mol. The minimum absolute atomic E-state index is 0. The number of aromatic nitrogens is 3. The van der Waals surface area contributed by atoms with Crippen LogP contribution in [-0.2, 0) is 32.9 Å². The quantitative estimate of drug-likeness (QED) is 0.157. The van der Waals surface area contributed by atoms with E-state index >= 15 is 0 Å². The zero-order valence-electron chi connectivity index (χ0n) is 32.2. The van der Waals surface area contributed by atoms with Gasteiger partial charge in [-0.05, 0) is 76.8 Å². The van der Waals surface area contributed by atoms with Crippen LogP contribution >= 0.6 is 0 Å². The molecule has 0 spiro atoms. The Morgan fingerprint density at radius 3 is 2.00 bits per heavy atom. The van der Waals surface area contributed by atoms with Gasteiger partial charge < -0.3 is 4.98 Å². The van der Waals surface area contributed by atoms with Gasteiger partial charge in [-0.15, -0.1) is 47.5 Å². The van der Waals surface area contributed by atoms with E-state index in [9.17, 15) is 0 Å². The summed E-state index contributed by atoms with van der Waals surface area (Å²) in [5.41, 5.74) is 7.90. The van der Waals surface area contributed by atoms with Gasteiger partial charge in [-0.1, -0.05) is 95.6 Å². The fourth-order valence-corrected chi connectivity index (χ4v) is 4.97. The summed E-state index contributed by atoms with van der Waals surface area (Å²) in [6.45, 7) is 13.5. The average Bonchev–Trinajstić information content (AvgIpc) is 3.59. The van der Waals surface area contributed by atoms with E-state index < -0.39 is 23.6 Å². The van der Waals surface area contributed by atoms with E-state index in [1.807, 2.05) is 164 Å². The van der Waals surface area contributed by atoms with E-state index in [4.69, 9.17) is 10.6 Å². The van der Waals surface area contributed by atoms with Crippen LogP contribution in [0.15, 0.2) is 122 Å². The normalized spacial score (nSPS) is 13.2. The summed E-state index contributed by atoms with van der Waals surface area (Å²) in [6, 6.07) is 41.5. The maximum Gasteiger partial charge on any atom is 0.0926 e. The fourth-order valence-electron chi connectivity index (χ4n) is 4.97. The molecular weight excluding hydrogens is 751 g/mol. The van der Waals surface area contributed by atoms with Crippen molar-refractivity contribution in [2.45, 2.75) is 61.2 Å². The predicted octanol–water partition coefficient (Wildman–Crippen LogP) is 11.0. The van der Waals surface area contributed by atoms with Crippen molar-refractivity contribution < 1.29 is 25.6 Å². The molecular formula is C43H45IrN3-2. The largest absolute Gasteiger partial charge is 0.305 e. The van der Waals surface area contributed by atoms with E-state index in [0.29, 0.717) is 11.1 Å². The Labute approximate surface area is 301 Å². The van der Waals surface area contributed by atoms with Crippen molar-refractivity contribution in [2.24, 2.45) is 10.8 Å². The molecule has 1 radical (unpaired) electrons. The molecule has 0 atom stereocenters. The van der Waals surface area contributed by atoms with Crippen molar-refractivity contribution in [1.29, 1.82) is 0 Å². The summed E-state index contributed by atoms with van der Waals surface area (Å²) in [6.07, 6.45) is 0.832. The third kappa shape index (κ3) is 10.4. The Balaban J connectivity index is 0.000000377. The Morgan fingerprint density at radius 2 is 1.40 bits per heavy atom. The Bertz CT molecular complexity index is 1970. The molecule has 6 aromatic rings. The Morgan fingerprint density at radius 1 is 0.702 bits per heavy atom. The van der Waals surface area contributed by atoms with Gasteiger partial charge in [0.2, 0.25) is 0 Å². The second-order valence-corrected chi connectivity index (χ2v) is 13.5. The van der Waals surface area contributed by atoms with Gasteiger partial charge in [0.05, 0.1) is 5.69 Å². The summed E-state index contributed by atoms with van der Waals surface area (Å²) >= 11 is 0. The minimum Gasteiger partial charge on any atom is -0.305 e. The van der Waals surface area contributed by atoms with Crippen molar-refractivity contribution >= 4 is 0 Å². The van der Waals surface area contributed by atoms with Gasteiger partial charge in [0.15, 0.2) is 0 Å². The van der Waals surface area contributed by atoms with Crippen LogP contribution in [0.25, 0.3) is 39.3 Å². The Kier molecular flexibility index (Phi) is 10.1. The monoisotopic (exact) mass is 800 g/mol. The standard InChI is InChI=1S/C32H37N2.C11H8N.Ir/c1-23-20-27(12-13-28(23)22-32(5,6)7)30-18-19-34(33-30)29-16-14-26(15-17-29)25-10-8-24(9-11-25)21-31(2,3)4;1-2-6-10(7-3-1)11-8-4-5-9-12-11;/h8-16,18-20H,21-22H2,1-7H3;1-6,8-9H;/q2*-1;/i21D2,22D2;;. The minimum atomic E-state index is -1.44. The van der Waals surface area contributed by atoms with Crippen LogP contribution in [0, 0.1) is 29.9 Å². The van der Waals surface area contributed by atoms with Gasteiger partial charge in [-0.2, -0.15) is 23.3 Å². The van der Waals surface area contributed by atoms with E-state index in [1.54, 1.807) is 10.9 Å². The van der Waals surface area contributed by atoms with Crippen molar-refractivity contribution in [3.63, 3.8) is 0 Å². The molecule has 0 unspecified atom stereocenters. The predicted molar refractivity (Wildman–Crippen MR) is 193 cm³/mol. The Hall–Kier alpha value is -4.11. The molecule has 0 saturated heterocycles. The first-order valence-corrected chi connectivity index (χ1v) is 15.7. The van der Waals surface area contributed by atoms with Gasteiger partial charge in [0.25, 0.3) is 0 Å². The van der Waals surface area contributed by atoms with Crippen LogP contribution < -0.4 is 0 Å². The molecule has 4 aromatic carbocycles. The third-order valence-electron chi connectivity index (χ3n) is 7.05. The molecule has 0 bridgehead atoms. The number of benzene rings is 4. The van der Waals surface area contributed by atoms with E-state index in [2.05, 4.69) is 17.1 Å². The molecule has 0 aliphatic rings. The number of aryl methyl sites for hydroxylation is 1. The molecule has 6 rings (SSSR count). The van der Waals surface area contributed by atoms with Crippen molar-refractivity contribution in [2.75, 3.05) is 0 Å². The van der Waals surface area contributed by atoms with Gasteiger partial charge in [-0.25, -0.2) is 0 Å². The topological polar surface area (TPSA) is 30.7 Å². The van der Waals surface area contributed by atoms with Crippen LogP contribution in [0.2, 0.25) is 0 Å². The first-order valence-electron chi connectivity index (χ1n) is 17.7. The van der Waals surface area contributed by atoms with Crippen molar-refractivity contribution in [3.8, 4) is 39.3 Å². The molecule has 3 nitrogen and oxygen atoms in total. The summed E-state index contributed by atoms with van der Waals surface area (Å²) < 4.78 is 36.0. The van der Waals surface area contributed by atoms with Gasteiger partial charge in [-0.3, -0.25) is 4.68 Å². The number of pyridine rings is 1. The maximum atomic E-state index is 8.62. The number of rotatable bonds is 6. The smallest absolute Gasteiger partial charge is 0.0926 e. The fraction of sp³-hybridized carbons (Fsp3) is 0.256. The molecule has 47 heavy (non-hydrogen) atoms. The van der Waals surface area contributed by atoms with Crippen LogP contribution in [-0.4, -0.2) is 14.8 Å². The van der Waals surface area contributed by atoms with E-state index in [-0.39, 0.29) is 20.1 Å². The van der Waals surface area contributed by atoms with Crippen molar-refractivity contribution in [1.82, 2.24) is 14.8 Å². The zero-order chi connectivity index (χ0) is 36.3. The molecule has 243 valence electrons. The number of hydrogen-bond donors (Lipinski definition) is 0. The van der Waals surface area contributed by atoms with Gasteiger partial charge in [0.1, 0.15) is 0 Å². The summed E-state index contributed by atoms with van der Waals surface area (Å²) in [4.78, 5) is 4.22. The van der Waals surface area contributed by atoms with Gasteiger partial charge in [0, 0.05) is 43.5 Å². The summed E-state index contributed by atoms with van der Waals surface area (Å²) in [5, 5.41) is 4.75. The maximum absolute atomic E-state index is 8.62. The summed E-state index contributed by atoms with van der Waals surface area (Å²) in [5.74, 6) is 0. The number of nitrogens with zero attached hydrogens (tertiary/aromatic N) is 3. The second kappa shape index (κ2) is 15.7. The third-order valence-corrected chi connectivity index (χ3v) is 7.05. The molecule has 2 aromatic heterocycles. The molecule has 0 N–H and O–H groups in total. The molecule has 4 heteroatoms. The molecule has 0 amide bonds. The zero-order valence-corrected chi connectivity index (χ0v) is 30.6. The van der Waals surface area contributed by atoms with Crippen LogP contribution in [0.3, 0.4) is 0 Å². The molecule has 0 fully saturated rings. The van der Waals surface area contributed by atoms with Crippen molar-refractivity contribution in [3.05, 3.63) is 150 Å². The first kappa shape index (κ1) is 30.2. The van der Waals surface area contributed by atoms with Crippen LogP contribution in [0.1, 0.15) is 63.7 Å². The van der Waals surface area contributed by atoms with E-state index in [0.717, 1.165) is 44.9 Å². The number of hydrogen-bond acceptors (Lipinski definition) is 2. The van der Waals surface area contributed by atoms with Crippen LogP contribution in [0.5, 0.6) is 0 Å². The molecule has 0 aliphatic heterocycles. The van der Waals surface area contributed by atoms with Crippen LogP contribution in [0.4, 0.5) is 0 Å². The SMILES string of the molecule is [2H]C([2H])(c1ccc(-c2c[c-]c(-n3ccc(-c4ccc(C([2H])([2H])C(C)(C)C)c(C)c4)n3)cc2)cc1)C(C)(C)C.[Ir].[c-]1ccccc1-c1ccccn1. The first-order chi connectivity index (χ1) is 23.5. The molecule has 0 saturated carbocycles. The van der Waals surface area contributed by atoms with Gasteiger partial charge >= 0.3 is 0 Å².